The molecule has 0 heterocycles. The SMILES string of the molecule is Fc1ccc(Cl)cc1CC1Cc2ccccc2C1Cl. The number of rotatable bonds is 2. The van der Waals surface area contributed by atoms with Crippen LogP contribution in [0.3, 0.4) is 0 Å². The summed E-state index contributed by atoms with van der Waals surface area (Å²) >= 11 is 12.4. The Labute approximate surface area is 122 Å². The van der Waals surface area contributed by atoms with E-state index in [0.29, 0.717) is 17.0 Å². The average Bonchev–Trinajstić information content (AvgIpc) is 2.72. The lowest BCUT2D eigenvalue weighted by atomic mass is 9.96. The van der Waals surface area contributed by atoms with Gasteiger partial charge < -0.3 is 0 Å². The second-order valence-corrected chi connectivity index (χ2v) is 5.91. The molecule has 1 aliphatic carbocycles. The van der Waals surface area contributed by atoms with Crippen LogP contribution >= 0.6 is 23.2 Å². The number of hydrogen-bond donors (Lipinski definition) is 0. The molecular formula is C16H13Cl2F. The van der Waals surface area contributed by atoms with E-state index in [1.54, 1.807) is 12.1 Å². The van der Waals surface area contributed by atoms with Crippen molar-refractivity contribution in [3.8, 4) is 0 Å². The first-order valence-electron chi connectivity index (χ1n) is 6.31. The Hall–Kier alpha value is -1.05. The Balaban J connectivity index is 1.85. The normalized spacial score (nSPS) is 21.4. The molecule has 0 spiro atoms. The lowest BCUT2D eigenvalue weighted by Crippen LogP contribution is -2.08. The van der Waals surface area contributed by atoms with E-state index in [2.05, 4.69) is 12.1 Å². The zero-order valence-corrected chi connectivity index (χ0v) is 11.8. The zero-order chi connectivity index (χ0) is 13.4. The van der Waals surface area contributed by atoms with Crippen molar-refractivity contribution in [3.05, 3.63) is 70.0 Å². The van der Waals surface area contributed by atoms with Gasteiger partial charge in [-0.15, -0.1) is 11.6 Å². The van der Waals surface area contributed by atoms with Gasteiger partial charge in [0.2, 0.25) is 0 Å². The van der Waals surface area contributed by atoms with Crippen LogP contribution in [0.4, 0.5) is 4.39 Å². The van der Waals surface area contributed by atoms with Gasteiger partial charge in [0, 0.05) is 5.02 Å². The lowest BCUT2D eigenvalue weighted by molar-refractivity contribution is 0.519. The molecular weight excluding hydrogens is 282 g/mol. The molecule has 0 aliphatic heterocycles. The van der Waals surface area contributed by atoms with Crippen LogP contribution in [0, 0.1) is 11.7 Å². The summed E-state index contributed by atoms with van der Waals surface area (Å²) in [5, 5.41) is 0.521. The molecule has 0 saturated heterocycles. The van der Waals surface area contributed by atoms with E-state index in [9.17, 15) is 4.39 Å². The van der Waals surface area contributed by atoms with Gasteiger partial charge in [0.15, 0.2) is 0 Å². The van der Waals surface area contributed by atoms with E-state index in [-0.39, 0.29) is 17.1 Å². The average molecular weight is 295 g/mol. The molecule has 3 rings (SSSR count). The molecule has 0 nitrogen and oxygen atoms in total. The highest BCUT2D eigenvalue weighted by Gasteiger charge is 2.31. The Bertz CT molecular complexity index is 609. The summed E-state index contributed by atoms with van der Waals surface area (Å²) in [6.45, 7) is 0. The Morgan fingerprint density at radius 2 is 1.95 bits per heavy atom. The van der Waals surface area contributed by atoms with E-state index in [0.717, 1.165) is 6.42 Å². The highest BCUT2D eigenvalue weighted by molar-refractivity contribution is 6.30. The number of hydrogen-bond acceptors (Lipinski definition) is 0. The molecule has 2 atom stereocenters. The van der Waals surface area contributed by atoms with E-state index in [1.165, 1.54) is 17.2 Å². The molecule has 1 aliphatic rings. The van der Waals surface area contributed by atoms with Crippen molar-refractivity contribution in [2.24, 2.45) is 5.92 Å². The molecule has 2 unspecified atom stereocenters. The maximum Gasteiger partial charge on any atom is 0.126 e. The molecule has 0 N–H and O–H groups in total. The molecule has 98 valence electrons. The third-order valence-electron chi connectivity index (χ3n) is 3.74. The van der Waals surface area contributed by atoms with Crippen LogP contribution < -0.4 is 0 Å². The van der Waals surface area contributed by atoms with Crippen molar-refractivity contribution in [2.45, 2.75) is 18.2 Å². The van der Waals surface area contributed by atoms with Gasteiger partial charge in [-0.05, 0) is 53.6 Å². The van der Waals surface area contributed by atoms with Gasteiger partial charge in [0.05, 0.1) is 5.38 Å². The van der Waals surface area contributed by atoms with Gasteiger partial charge in [-0.3, -0.25) is 0 Å². The Kier molecular flexibility index (Phi) is 3.51. The molecule has 0 amide bonds. The van der Waals surface area contributed by atoms with Crippen LogP contribution in [0.25, 0.3) is 0 Å². The summed E-state index contributed by atoms with van der Waals surface area (Å²) in [5.41, 5.74) is 3.10. The van der Waals surface area contributed by atoms with Crippen molar-refractivity contribution >= 4 is 23.2 Å². The summed E-state index contributed by atoms with van der Waals surface area (Å²) < 4.78 is 13.8. The second kappa shape index (κ2) is 5.15. The standard InChI is InChI=1S/C16H13Cl2F/c17-13-5-6-15(19)11(9-13)8-12-7-10-3-1-2-4-14(10)16(12)18/h1-6,9,12,16H,7-8H2. The van der Waals surface area contributed by atoms with Gasteiger partial charge in [0.1, 0.15) is 5.82 Å². The molecule has 0 aromatic heterocycles. The third kappa shape index (κ3) is 2.50. The molecule has 19 heavy (non-hydrogen) atoms. The van der Waals surface area contributed by atoms with Gasteiger partial charge in [0.25, 0.3) is 0 Å². The Morgan fingerprint density at radius 1 is 1.16 bits per heavy atom. The monoisotopic (exact) mass is 294 g/mol. The summed E-state index contributed by atoms with van der Waals surface area (Å²) in [7, 11) is 0. The van der Waals surface area contributed by atoms with E-state index >= 15 is 0 Å². The van der Waals surface area contributed by atoms with E-state index in [1.807, 2.05) is 12.1 Å². The predicted octanol–water partition coefficient (Wildman–Crippen LogP) is 5.17. The lowest BCUT2D eigenvalue weighted by Gasteiger charge is -2.15. The predicted molar refractivity (Wildman–Crippen MR) is 77.3 cm³/mol. The maximum atomic E-state index is 13.8. The van der Waals surface area contributed by atoms with E-state index in [4.69, 9.17) is 23.2 Å². The van der Waals surface area contributed by atoms with Gasteiger partial charge in [-0.1, -0.05) is 35.9 Å². The fraction of sp³-hybridized carbons (Fsp3) is 0.250. The Morgan fingerprint density at radius 3 is 2.74 bits per heavy atom. The molecule has 2 aromatic carbocycles. The molecule has 0 fully saturated rings. The van der Waals surface area contributed by atoms with Crippen molar-refractivity contribution in [3.63, 3.8) is 0 Å². The van der Waals surface area contributed by atoms with Crippen LogP contribution in [-0.2, 0) is 12.8 Å². The largest absolute Gasteiger partial charge is 0.207 e. The summed E-state index contributed by atoms with van der Waals surface area (Å²) in [6, 6.07) is 12.9. The third-order valence-corrected chi connectivity index (χ3v) is 4.56. The highest BCUT2D eigenvalue weighted by Crippen LogP contribution is 2.42. The van der Waals surface area contributed by atoms with E-state index < -0.39 is 0 Å². The van der Waals surface area contributed by atoms with Gasteiger partial charge in [-0.2, -0.15) is 0 Å². The van der Waals surface area contributed by atoms with Crippen LogP contribution in [0.1, 0.15) is 22.1 Å². The number of alkyl halides is 1. The summed E-state index contributed by atoms with van der Waals surface area (Å²) in [5.74, 6) is 0.0243. The topological polar surface area (TPSA) is 0 Å². The fourth-order valence-corrected chi connectivity index (χ4v) is 3.37. The van der Waals surface area contributed by atoms with Crippen molar-refractivity contribution < 1.29 is 4.39 Å². The molecule has 0 radical (unpaired) electrons. The maximum absolute atomic E-state index is 13.8. The first-order valence-corrected chi connectivity index (χ1v) is 7.12. The quantitative estimate of drug-likeness (QED) is 0.670. The zero-order valence-electron chi connectivity index (χ0n) is 10.2. The highest BCUT2D eigenvalue weighted by atomic mass is 35.5. The van der Waals surface area contributed by atoms with Crippen molar-refractivity contribution in [1.82, 2.24) is 0 Å². The molecule has 0 bridgehead atoms. The minimum atomic E-state index is -0.204. The minimum absolute atomic E-state index is 0.0467. The smallest absolute Gasteiger partial charge is 0.126 e. The van der Waals surface area contributed by atoms with Crippen LogP contribution in [-0.4, -0.2) is 0 Å². The minimum Gasteiger partial charge on any atom is -0.207 e. The first kappa shape index (κ1) is 13.0. The molecule has 2 aromatic rings. The first-order chi connectivity index (χ1) is 9.15. The molecule has 3 heteroatoms. The summed E-state index contributed by atoms with van der Waals surface area (Å²) in [4.78, 5) is 0. The van der Waals surface area contributed by atoms with Crippen LogP contribution in [0.2, 0.25) is 5.02 Å². The van der Waals surface area contributed by atoms with Crippen molar-refractivity contribution in [2.75, 3.05) is 0 Å². The van der Waals surface area contributed by atoms with Gasteiger partial charge >= 0.3 is 0 Å². The number of halogens is 3. The fourth-order valence-electron chi connectivity index (χ4n) is 2.79. The second-order valence-electron chi connectivity index (χ2n) is 5.00. The number of fused-ring (bicyclic) bond motifs is 1. The van der Waals surface area contributed by atoms with Crippen LogP contribution in [0.15, 0.2) is 42.5 Å². The summed E-state index contributed by atoms with van der Waals surface area (Å²) in [6.07, 6.45) is 1.52. The molecule has 0 saturated carbocycles. The van der Waals surface area contributed by atoms with Gasteiger partial charge in [-0.25, -0.2) is 4.39 Å². The number of benzene rings is 2. The van der Waals surface area contributed by atoms with Crippen LogP contribution in [0.5, 0.6) is 0 Å². The van der Waals surface area contributed by atoms with Crippen molar-refractivity contribution in [1.29, 1.82) is 0 Å².